The Kier molecular flexibility index (Phi) is 11.9. The van der Waals surface area contributed by atoms with E-state index >= 15 is 0 Å². The van der Waals surface area contributed by atoms with Crippen molar-refractivity contribution in [3.05, 3.63) is 12.7 Å². The molecule has 0 atom stereocenters. The number of carbonyl (C=O) groups is 1. The van der Waals surface area contributed by atoms with Crippen molar-refractivity contribution in [3.63, 3.8) is 0 Å². The van der Waals surface area contributed by atoms with E-state index in [1.165, 1.54) is 6.08 Å². The van der Waals surface area contributed by atoms with Gasteiger partial charge in [0.2, 0.25) is 0 Å². The standard InChI is InChI=1S/C4H5NO.C2H6/c1-2-4(5)3-6;1-2/h2-3,5H,1H2;1-2H3. The van der Waals surface area contributed by atoms with E-state index in [0.717, 1.165) is 0 Å². The summed E-state index contributed by atoms with van der Waals surface area (Å²) in [5.41, 5.74) is -0.0741. The van der Waals surface area contributed by atoms with Crippen molar-refractivity contribution in [3.8, 4) is 0 Å². The van der Waals surface area contributed by atoms with E-state index in [1.54, 1.807) is 0 Å². The fourth-order valence-electron chi connectivity index (χ4n) is 0.0481. The second-order valence-corrected chi connectivity index (χ2v) is 0.777. The summed E-state index contributed by atoms with van der Waals surface area (Å²) in [5, 5.41) is 6.50. The smallest absolute Gasteiger partial charge is 0.167 e. The Bertz CT molecular complexity index is 76.5. The highest BCUT2D eigenvalue weighted by Crippen LogP contribution is 1.60. The van der Waals surface area contributed by atoms with Crippen LogP contribution in [0.15, 0.2) is 12.7 Å². The topological polar surface area (TPSA) is 40.9 Å². The van der Waals surface area contributed by atoms with E-state index in [9.17, 15) is 4.79 Å². The minimum atomic E-state index is -0.0741. The monoisotopic (exact) mass is 113 g/mol. The Balaban J connectivity index is 0. The molecule has 0 radical (unpaired) electrons. The van der Waals surface area contributed by atoms with Crippen molar-refractivity contribution >= 4 is 12.0 Å². The lowest BCUT2D eigenvalue weighted by Crippen LogP contribution is -1.87. The molecule has 0 aliphatic rings. The van der Waals surface area contributed by atoms with Crippen LogP contribution in [0.2, 0.25) is 0 Å². The molecule has 0 heterocycles. The van der Waals surface area contributed by atoms with Crippen molar-refractivity contribution < 1.29 is 4.79 Å². The third-order valence-electron chi connectivity index (χ3n) is 0.347. The van der Waals surface area contributed by atoms with E-state index in [1.807, 2.05) is 13.8 Å². The maximum absolute atomic E-state index is 9.44. The van der Waals surface area contributed by atoms with E-state index in [2.05, 4.69) is 6.58 Å². The molecule has 2 heteroatoms. The molecule has 0 aromatic rings. The SMILES string of the molecule is C=CC(=N)C=O.CC. The third kappa shape index (κ3) is 8.91. The first-order valence-corrected chi connectivity index (χ1v) is 2.47. The highest BCUT2D eigenvalue weighted by Gasteiger charge is 1.75. The first-order chi connectivity index (χ1) is 3.81. The summed E-state index contributed by atoms with van der Waals surface area (Å²) in [4.78, 5) is 9.44. The zero-order chi connectivity index (χ0) is 6.99. The summed E-state index contributed by atoms with van der Waals surface area (Å²) in [6, 6.07) is 0. The average molecular weight is 113 g/mol. The molecule has 0 bridgehead atoms. The number of carbonyl (C=O) groups excluding carboxylic acids is 1. The molecule has 2 nitrogen and oxygen atoms in total. The fraction of sp³-hybridized carbons (Fsp3) is 0.333. The quantitative estimate of drug-likeness (QED) is 0.427. The maximum atomic E-state index is 9.44. The van der Waals surface area contributed by atoms with Gasteiger partial charge in [0.25, 0.3) is 0 Å². The molecule has 0 aliphatic heterocycles. The van der Waals surface area contributed by atoms with Gasteiger partial charge < -0.3 is 0 Å². The van der Waals surface area contributed by atoms with Crippen molar-refractivity contribution in [1.29, 1.82) is 5.41 Å². The maximum Gasteiger partial charge on any atom is 0.167 e. The van der Waals surface area contributed by atoms with Crippen LogP contribution >= 0.6 is 0 Å². The Hall–Kier alpha value is -0.920. The zero-order valence-electron chi connectivity index (χ0n) is 5.27. The predicted octanol–water partition coefficient (Wildman–Crippen LogP) is 1.42. The van der Waals surface area contributed by atoms with E-state index in [4.69, 9.17) is 5.41 Å². The molecular weight excluding hydrogens is 102 g/mol. The lowest BCUT2D eigenvalue weighted by Gasteiger charge is -1.69. The molecule has 46 valence electrons. The molecule has 0 saturated heterocycles. The first kappa shape index (κ1) is 10.1. The number of hydrogen-bond donors (Lipinski definition) is 1. The minimum Gasteiger partial charge on any atom is -0.298 e. The second-order valence-electron chi connectivity index (χ2n) is 0.777. The van der Waals surface area contributed by atoms with Gasteiger partial charge in [-0.25, -0.2) is 0 Å². The molecule has 0 unspecified atom stereocenters. The summed E-state index contributed by atoms with van der Waals surface area (Å²) < 4.78 is 0. The molecule has 0 spiro atoms. The van der Waals surface area contributed by atoms with Crippen LogP contribution in [0.3, 0.4) is 0 Å². The van der Waals surface area contributed by atoms with Gasteiger partial charge in [-0.3, -0.25) is 10.2 Å². The van der Waals surface area contributed by atoms with E-state index in [0.29, 0.717) is 6.29 Å². The van der Waals surface area contributed by atoms with Crippen LogP contribution in [0.5, 0.6) is 0 Å². The van der Waals surface area contributed by atoms with Crippen molar-refractivity contribution in [2.24, 2.45) is 0 Å². The predicted molar refractivity (Wildman–Crippen MR) is 35.3 cm³/mol. The molecule has 0 aliphatic carbocycles. The molecule has 0 aromatic heterocycles. The lowest BCUT2D eigenvalue weighted by atomic mass is 10.4. The van der Waals surface area contributed by atoms with Gasteiger partial charge in [-0.1, -0.05) is 20.4 Å². The Morgan fingerprint density at radius 3 is 2.00 bits per heavy atom. The Labute approximate surface area is 49.7 Å². The third-order valence-corrected chi connectivity index (χ3v) is 0.347. The lowest BCUT2D eigenvalue weighted by molar-refractivity contribution is -0.102. The summed E-state index contributed by atoms with van der Waals surface area (Å²) >= 11 is 0. The molecule has 0 amide bonds. The number of aldehydes is 1. The van der Waals surface area contributed by atoms with Gasteiger partial charge in [-0.05, 0) is 6.08 Å². The average Bonchev–Trinajstić information content (AvgIpc) is 1.91. The molecule has 0 rings (SSSR count). The van der Waals surface area contributed by atoms with Gasteiger partial charge in [-0.15, -0.1) is 0 Å². The largest absolute Gasteiger partial charge is 0.298 e. The van der Waals surface area contributed by atoms with Crippen LogP contribution in [0.4, 0.5) is 0 Å². The zero-order valence-corrected chi connectivity index (χ0v) is 5.27. The van der Waals surface area contributed by atoms with Crippen molar-refractivity contribution in [2.45, 2.75) is 13.8 Å². The molecule has 8 heavy (non-hydrogen) atoms. The normalized spacial score (nSPS) is 5.75. The highest BCUT2D eigenvalue weighted by molar-refractivity contribution is 6.31. The van der Waals surface area contributed by atoms with Crippen LogP contribution in [0.25, 0.3) is 0 Å². The van der Waals surface area contributed by atoms with Gasteiger partial charge in [-0.2, -0.15) is 0 Å². The van der Waals surface area contributed by atoms with Crippen LogP contribution in [0.1, 0.15) is 13.8 Å². The van der Waals surface area contributed by atoms with Crippen LogP contribution in [0, 0.1) is 5.41 Å². The molecule has 0 saturated carbocycles. The van der Waals surface area contributed by atoms with Gasteiger partial charge in [0.15, 0.2) is 6.29 Å². The molecule has 0 aromatic carbocycles. The van der Waals surface area contributed by atoms with E-state index in [-0.39, 0.29) is 5.71 Å². The first-order valence-electron chi connectivity index (χ1n) is 2.47. The van der Waals surface area contributed by atoms with Gasteiger partial charge >= 0.3 is 0 Å². The van der Waals surface area contributed by atoms with E-state index < -0.39 is 0 Å². The molecular formula is C6H11NO. The number of rotatable bonds is 2. The Morgan fingerprint density at radius 2 is 2.00 bits per heavy atom. The minimum absolute atomic E-state index is 0.0741. The van der Waals surface area contributed by atoms with Gasteiger partial charge in [0.1, 0.15) is 0 Å². The fourth-order valence-corrected chi connectivity index (χ4v) is 0.0481. The number of hydrogen-bond acceptors (Lipinski definition) is 2. The summed E-state index contributed by atoms with van der Waals surface area (Å²) in [6.07, 6.45) is 1.62. The van der Waals surface area contributed by atoms with Crippen molar-refractivity contribution in [2.75, 3.05) is 0 Å². The number of allylic oxidation sites excluding steroid dienone is 1. The van der Waals surface area contributed by atoms with Crippen molar-refractivity contribution in [1.82, 2.24) is 0 Å². The second kappa shape index (κ2) is 9.43. The Morgan fingerprint density at radius 1 is 1.62 bits per heavy atom. The van der Waals surface area contributed by atoms with Crippen LogP contribution in [-0.2, 0) is 4.79 Å². The summed E-state index contributed by atoms with van der Waals surface area (Å²) in [5.74, 6) is 0. The molecule has 0 fully saturated rings. The van der Waals surface area contributed by atoms with Crippen LogP contribution < -0.4 is 0 Å². The van der Waals surface area contributed by atoms with Gasteiger partial charge in [0, 0.05) is 0 Å². The van der Waals surface area contributed by atoms with Crippen LogP contribution in [-0.4, -0.2) is 12.0 Å². The number of nitrogens with one attached hydrogen (secondary N) is 1. The van der Waals surface area contributed by atoms with Gasteiger partial charge in [0.05, 0.1) is 5.71 Å². The molecule has 1 N–H and O–H groups in total. The summed E-state index contributed by atoms with van der Waals surface area (Å²) in [6.45, 7) is 7.18. The summed E-state index contributed by atoms with van der Waals surface area (Å²) in [7, 11) is 0. The highest BCUT2D eigenvalue weighted by atomic mass is 16.1.